The van der Waals surface area contributed by atoms with Gasteiger partial charge >= 0.3 is 0 Å². The first-order valence-electron chi connectivity index (χ1n) is 3.01. The van der Waals surface area contributed by atoms with E-state index in [4.69, 9.17) is 6.48 Å². The Bertz CT molecular complexity index is 76.5. The molecule has 1 heterocycles. The second-order valence-corrected chi connectivity index (χ2v) is 2.90. The van der Waals surface area contributed by atoms with Crippen molar-refractivity contribution in [2.75, 3.05) is 11.5 Å². The molecule has 0 amide bonds. The highest BCUT2D eigenvalue weighted by molar-refractivity contribution is 7.99. The van der Waals surface area contributed by atoms with Crippen LogP contribution in [0.1, 0.15) is 14.2 Å². The SMILES string of the molecule is [2H]C1(O)CCSCC1. The maximum Gasteiger partial charge on any atom is 0.0601 e. The number of rotatable bonds is 0. The number of hydrogen-bond acceptors (Lipinski definition) is 2. The molecular formula is C5H10OS. The van der Waals surface area contributed by atoms with Crippen LogP contribution in [0.15, 0.2) is 0 Å². The monoisotopic (exact) mass is 119 g/mol. The lowest BCUT2D eigenvalue weighted by molar-refractivity contribution is 0.166. The zero-order chi connectivity index (χ0) is 6.04. The molecule has 1 fully saturated rings. The van der Waals surface area contributed by atoms with E-state index in [2.05, 4.69) is 0 Å². The molecule has 0 aliphatic carbocycles. The fourth-order valence-corrected chi connectivity index (χ4v) is 1.57. The molecule has 7 heavy (non-hydrogen) atoms. The summed E-state index contributed by atoms with van der Waals surface area (Å²) >= 11 is 1.82. The van der Waals surface area contributed by atoms with Gasteiger partial charge in [0.15, 0.2) is 0 Å². The Kier molecular flexibility index (Phi) is 1.55. The molecule has 1 saturated heterocycles. The first-order valence-corrected chi connectivity index (χ1v) is 3.66. The molecule has 1 nitrogen and oxygen atoms in total. The van der Waals surface area contributed by atoms with E-state index in [1.165, 1.54) is 0 Å². The molecule has 0 radical (unpaired) electrons. The Labute approximate surface area is 49.5 Å². The molecule has 0 aromatic rings. The van der Waals surface area contributed by atoms with Gasteiger partial charge in [0.1, 0.15) is 0 Å². The van der Waals surface area contributed by atoms with Gasteiger partial charge in [-0.25, -0.2) is 0 Å². The van der Waals surface area contributed by atoms with Crippen LogP contribution in [0.2, 0.25) is 0 Å². The van der Waals surface area contributed by atoms with Crippen LogP contribution < -0.4 is 0 Å². The van der Waals surface area contributed by atoms with Crippen molar-refractivity contribution in [3.8, 4) is 0 Å². The Balaban J connectivity index is 2.33. The van der Waals surface area contributed by atoms with Gasteiger partial charge in [-0.1, -0.05) is 0 Å². The fourth-order valence-electron chi connectivity index (χ4n) is 0.607. The molecule has 0 spiro atoms. The van der Waals surface area contributed by atoms with Gasteiger partial charge in [-0.2, -0.15) is 11.8 Å². The predicted octanol–water partition coefficient (Wildman–Crippen LogP) is 0.874. The minimum absolute atomic E-state index is 0.637. The maximum absolute atomic E-state index is 9.03. The highest BCUT2D eigenvalue weighted by Gasteiger charge is 2.08. The highest BCUT2D eigenvalue weighted by atomic mass is 32.2. The molecule has 0 saturated carbocycles. The van der Waals surface area contributed by atoms with Crippen molar-refractivity contribution < 1.29 is 6.48 Å². The summed E-state index contributed by atoms with van der Waals surface area (Å²) in [6.45, 7) is 0. The van der Waals surface area contributed by atoms with E-state index in [9.17, 15) is 0 Å². The Morgan fingerprint density at radius 2 is 2.14 bits per heavy atom. The number of aliphatic hydroxyl groups is 1. The van der Waals surface area contributed by atoms with Gasteiger partial charge in [-0.05, 0) is 24.3 Å². The van der Waals surface area contributed by atoms with Crippen LogP contribution in [0.25, 0.3) is 0 Å². The van der Waals surface area contributed by atoms with Gasteiger partial charge in [0.05, 0.1) is 7.45 Å². The molecule has 0 atom stereocenters. The van der Waals surface area contributed by atoms with Gasteiger partial charge in [0, 0.05) is 0 Å². The third-order valence-corrected chi connectivity index (χ3v) is 2.06. The van der Waals surface area contributed by atoms with E-state index in [0.29, 0.717) is 12.8 Å². The van der Waals surface area contributed by atoms with Crippen molar-refractivity contribution in [3.63, 3.8) is 0 Å². The Morgan fingerprint density at radius 1 is 1.57 bits per heavy atom. The summed E-state index contributed by atoms with van der Waals surface area (Å²) in [6, 6.07) is 0. The molecule has 1 N–H and O–H groups in total. The lowest BCUT2D eigenvalue weighted by Gasteiger charge is -2.14. The van der Waals surface area contributed by atoms with E-state index >= 15 is 0 Å². The second-order valence-electron chi connectivity index (χ2n) is 1.68. The summed E-state index contributed by atoms with van der Waals surface area (Å²) in [5.74, 6) is 1.89. The Hall–Kier alpha value is 0.310. The van der Waals surface area contributed by atoms with Gasteiger partial charge < -0.3 is 5.11 Å². The molecule has 1 rings (SSSR count). The quantitative estimate of drug-likeness (QED) is 0.510. The van der Waals surface area contributed by atoms with Crippen molar-refractivity contribution in [1.29, 1.82) is 0 Å². The van der Waals surface area contributed by atoms with Crippen LogP contribution in [-0.4, -0.2) is 22.7 Å². The summed E-state index contributed by atoms with van der Waals surface area (Å²) in [7, 11) is 0. The number of hydrogen-bond donors (Lipinski definition) is 1. The van der Waals surface area contributed by atoms with E-state index < -0.39 is 6.08 Å². The zero-order valence-corrected chi connectivity index (χ0v) is 5.00. The van der Waals surface area contributed by atoms with Crippen molar-refractivity contribution in [2.24, 2.45) is 0 Å². The maximum atomic E-state index is 9.03. The largest absolute Gasteiger partial charge is 0.393 e. The summed E-state index contributed by atoms with van der Waals surface area (Å²) in [4.78, 5) is 0. The van der Waals surface area contributed by atoms with Crippen LogP contribution in [-0.2, 0) is 0 Å². The third-order valence-electron chi connectivity index (χ3n) is 1.07. The van der Waals surface area contributed by atoms with E-state index in [1.807, 2.05) is 11.8 Å². The molecule has 0 unspecified atom stereocenters. The number of thioether (sulfide) groups is 1. The molecule has 1 aliphatic rings. The zero-order valence-electron chi connectivity index (χ0n) is 5.18. The van der Waals surface area contributed by atoms with E-state index in [1.54, 1.807) is 0 Å². The fraction of sp³-hybridized carbons (Fsp3) is 1.00. The molecule has 42 valence electrons. The molecule has 0 bridgehead atoms. The summed E-state index contributed by atoms with van der Waals surface area (Å²) in [5, 5.41) is 9.03. The molecule has 1 aliphatic heterocycles. The van der Waals surface area contributed by atoms with Gasteiger partial charge in [0.2, 0.25) is 0 Å². The van der Waals surface area contributed by atoms with Gasteiger partial charge in [0.25, 0.3) is 0 Å². The smallest absolute Gasteiger partial charge is 0.0601 e. The summed E-state index contributed by atoms with van der Waals surface area (Å²) in [6.07, 6.45) is 0.181. The summed E-state index contributed by atoms with van der Waals surface area (Å²) in [5.41, 5.74) is 0. The topological polar surface area (TPSA) is 20.2 Å². The minimum Gasteiger partial charge on any atom is -0.393 e. The summed E-state index contributed by atoms with van der Waals surface area (Å²) < 4.78 is 7.17. The molecule has 2 heteroatoms. The third kappa shape index (κ3) is 1.70. The standard InChI is InChI=1S/C5H10OS/c6-5-1-3-7-4-2-5/h5-6H,1-4H2/i5D. The van der Waals surface area contributed by atoms with Crippen molar-refractivity contribution >= 4 is 11.8 Å². The molecule has 0 aromatic heterocycles. The molecule has 0 aromatic carbocycles. The lowest BCUT2D eigenvalue weighted by atomic mass is 10.2. The molecular weight excluding hydrogens is 108 g/mol. The predicted molar refractivity (Wildman–Crippen MR) is 32.6 cm³/mol. The van der Waals surface area contributed by atoms with Crippen LogP contribution in [0.3, 0.4) is 0 Å². The van der Waals surface area contributed by atoms with Crippen molar-refractivity contribution in [3.05, 3.63) is 0 Å². The normalized spacial score (nSPS) is 31.9. The minimum atomic E-state index is -1.09. The van der Waals surface area contributed by atoms with Gasteiger partial charge in [-0.15, -0.1) is 0 Å². The Morgan fingerprint density at radius 3 is 2.43 bits per heavy atom. The highest BCUT2D eigenvalue weighted by Crippen LogP contribution is 2.15. The van der Waals surface area contributed by atoms with Crippen molar-refractivity contribution in [1.82, 2.24) is 0 Å². The van der Waals surface area contributed by atoms with Gasteiger partial charge in [-0.3, -0.25) is 0 Å². The van der Waals surface area contributed by atoms with Crippen LogP contribution in [0, 0.1) is 0 Å². The average molecular weight is 119 g/mol. The van der Waals surface area contributed by atoms with Crippen LogP contribution >= 0.6 is 11.8 Å². The van der Waals surface area contributed by atoms with Crippen molar-refractivity contribution in [2.45, 2.75) is 18.9 Å². The second kappa shape index (κ2) is 2.58. The first-order chi connectivity index (χ1) is 3.71. The van der Waals surface area contributed by atoms with Crippen LogP contribution in [0.4, 0.5) is 0 Å². The lowest BCUT2D eigenvalue weighted by Crippen LogP contribution is -2.13. The van der Waals surface area contributed by atoms with Crippen LogP contribution in [0.5, 0.6) is 0 Å². The first kappa shape index (κ1) is 4.21. The average Bonchev–Trinajstić information content (AvgIpc) is 1.65. The van der Waals surface area contributed by atoms with E-state index in [-0.39, 0.29) is 0 Å². The van der Waals surface area contributed by atoms with E-state index in [0.717, 1.165) is 11.5 Å².